The first-order valence-corrected chi connectivity index (χ1v) is 11.1. The van der Waals surface area contributed by atoms with E-state index in [1.165, 1.54) is 11.1 Å². The lowest BCUT2D eigenvalue weighted by Gasteiger charge is -2.16. The third-order valence-corrected chi connectivity index (χ3v) is 5.93. The van der Waals surface area contributed by atoms with Crippen LogP contribution in [0.5, 0.6) is 0 Å². The molecule has 0 radical (unpaired) electrons. The standard InChI is InChI=1S/C25H30N2O6/c1-16(10-11-23(29)27-22(14-28)24(30)31)12-13-26-25(32)33-15-21-19-8-4-2-6-17(19)18-7-3-5-9-20(18)21/h2-9,16,21-22,28H,10-15H2,1H3,(H,26,32)(H,27,29)(H,30,31)/t16?,22-/m1/s1. The van der Waals surface area contributed by atoms with Crippen LogP contribution < -0.4 is 10.6 Å². The summed E-state index contributed by atoms with van der Waals surface area (Å²) in [6.07, 6.45) is 0.861. The van der Waals surface area contributed by atoms with Gasteiger partial charge in [-0.2, -0.15) is 0 Å². The van der Waals surface area contributed by atoms with Crippen molar-refractivity contribution in [3.8, 4) is 11.1 Å². The van der Waals surface area contributed by atoms with Gasteiger partial charge in [-0.3, -0.25) is 4.79 Å². The minimum Gasteiger partial charge on any atom is -0.480 e. The van der Waals surface area contributed by atoms with E-state index in [0.717, 1.165) is 11.1 Å². The van der Waals surface area contributed by atoms with Crippen molar-refractivity contribution in [1.29, 1.82) is 0 Å². The molecule has 0 saturated heterocycles. The Morgan fingerprint density at radius 3 is 2.18 bits per heavy atom. The third kappa shape index (κ3) is 6.32. The van der Waals surface area contributed by atoms with Crippen molar-refractivity contribution in [2.45, 2.75) is 38.1 Å². The average molecular weight is 455 g/mol. The number of carboxylic acid groups (broad SMARTS) is 1. The van der Waals surface area contributed by atoms with Crippen molar-refractivity contribution in [2.75, 3.05) is 19.8 Å². The molecule has 2 aromatic carbocycles. The van der Waals surface area contributed by atoms with E-state index in [0.29, 0.717) is 19.4 Å². The molecule has 0 aromatic heterocycles. The summed E-state index contributed by atoms with van der Waals surface area (Å²) in [5.41, 5.74) is 4.66. The molecular formula is C25H30N2O6. The van der Waals surface area contributed by atoms with Gasteiger partial charge in [0.2, 0.25) is 5.91 Å². The lowest BCUT2D eigenvalue weighted by atomic mass is 9.98. The largest absolute Gasteiger partial charge is 0.480 e. The number of hydrogen-bond donors (Lipinski definition) is 4. The molecule has 0 spiro atoms. The maximum absolute atomic E-state index is 12.2. The van der Waals surface area contributed by atoms with E-state index in [4.69, 9.17) is 14.9 Å². The topological polar surface area (TPSA) is 125 Å². The lowest BCUT2D eigenvalue weighted by molar-refractivity contribution is -0.143. The number of ether oxygens (including phenoxy) is 1. The first kappa shape index (κ1) is 24.3. The van der Waals surface area contributed by atoms with Gasteiger partial charge in [0.05, 0.1) is 6.61 Å². The summed E-state index contributed by atoms with van der Waals surface area (Å²) in [6.45, 7) is 1.97. The third-order valence-electron chi connectivity index (χ3n) is 5.93. The second-order valence-corrected chi connectivity index (χ2v) is 8.33. The molecule has 0 bridgehead atoms. The summed E-state index contributed by atoms with van der Waals surface area (Å²) in [4.78, 5) is 34.9. The summed E-state index contributed by atoms with van der Waals surface area (Å²) in [5.74, 6) is -1.55. The van der Waals surface area contributed by atoms with Crippen molar-refractivity contribution in [1.82, 2.24) is 10.6 Å². The molecule has 1 aliphatic rings. The molecule has 8 nitrogen and oxygen atoms in total. The quantitative estimate of drug-likeness (QED) is 0.414. The van der Waals surface area contributed by atoms with Crippen molar-refractivity contribution in [2.24, 2.45) is 5.92 Å². The fraction of sp³-hybridized carbons (Fsp3) is 0.400. The first-order chi connectivity index (χ1) is 15.9. The van der Waals surface area contributed by atoms with Crippen LogP contribution in [0.1, 0.15) is 43.2 Å². The summed E-state index contributed by atoms with van der Waals surface area (Å²) in [5, 5.41) is 22.8. The Hall–Kier alpha value is -3.39. The Kier molecular flexibility index (Phi) is 8.43. The van der Waals surface area contributed by atoms with E-state index in [2.05, 4.69) is 34.9 Å². The molecule has 176 valence electrons. The summed E-state index contributed by atoms with van der Waals surface area (Å²) >= 11 is 0. The molecule has 8 heteroatoms. The molecule has 2 amide bonds. The molecule has 1 unspecified atom stereocenters. The van der Waals surface area contributed by atoms with E-state index in [1.807, 2.05) is 31.2 Å². The fourth-order valence-electron chi connectivity index (χ4n) is 4.04. The van der Waals surface area contributed by atoms with Crippen LogP contribution in [0.3, 0.4) is 0 Å². The van der Waals surface area contributed by atoms with Gasteiger partial charge in [-0.05, 0) is 41.0 Å². The van der Waals surface area contributed by atoms with Crippen LogP contribution >= 0.6 is 0 Å². The Bertz CT molecular complexity index is 947. The first-order valence-electron chi connectivity index (χ1n) is 11.1. The normalized spacial score (nSPS) is 14.0. The Labute approximate surface area is 193 Å². The van der Waals surface area contributed by atoms with Gasteiger partial charge in [-0.15, -0.1) is 0 Å². The number of nitrogens with one attached hydrogen (secondary N) is 2. The molecule has 0 heterocycles. The number of carboxylic acids is 1. The molecule has 2 atom stereocenters. The van der Waals surface area contributed by atoms with Crippen LogP contribution in [-0.2, 0) is 14.3 Å². The zero-order valence-corrected chi connectivity index (χ0v) is 18.6. The van der Waals surface area contributed by atoms with Gasteiger partial charge in [0.1, 0.15) is 12.6 Å². The minimum absolute atomic E-state index is 0.00846. The lowest BCUT2D eigenvalue weighted by Crippen LogP contribution is -2.43. The van der Waals surface area contributed by atoms with Crippen LogP contribution in [0, 0.1) is 5.92 Å². The Morgan fingerprint density at radius 2 is 1.61 bits per heavy atom. The van der Waals surface area contributed by atoms with E-state index < -0.39 is 30.6 Å². The van der Waals surface area contributed by atoms with Crippen LogP contribution in [0.2, 0.25) is 0 Å². The van der Waals surface area contributed by atoms with Gasteiger partial charge in [0.25, 0.3) is 0 Å². The highest BCUT2D eigenvalue weighted by Gasteiger charge is 2.29. The number of aliphatic hydroxyl groups is 1. The number of benzene rings is 2. The second-order valence-electron chi connectivity index (χ2n) is 8.33. The molecule has 33 heavy (non-hydrogen) atoms. The highest BCUT2D eigenvalue weighted by atomic mass is 16.5. The Balaban J connectivity index is 1.38. The van der Waals surface area contributed by atoms with Gasteiger partial charge in [0, 0.05) is 18.9 Å². The molecule has 4 N–H and O–H groups in total. The van der Waals surface area contributed by atoms with E-state index in [-0.39, 0.29) is 24.9 Å². The molecule has 0 aliphatic heterocycles. The monoisotopic (exact) mass is 454 g/mol. The average Bonchev–Trinajstić information content (AvgIpc) is 3.13. The number of aliphatic hydroxyl groups excluding tert-OH is 1. The number of hydrogen-bond acceptors (Lipinski definition) is 5. The number of carbonyl (C=O) groups excluding carboxylic acids is 2. The van der Waals surface area contributed by atoms with Crippen LogP contribution in [0.15, 0.2) is 48.5 Å². The second kappa shape index (κ2) is 11.5. The highest BCUT2D eigenvalue weighted by Crippen LogP contribution is 2.44. The summed E-state index contributed by atoms with van der Waals surface area (Å²) in [7, 11) is 0. The van der Waals surface area contributed by atoms with Crippen LogP contribution in [0.4, 0.5) is 4.79 Å². The molecule has 0 saturated carbocycles. The minimum atomic E-state index is -1.29. The maximum atomic E-state index is 12.2. The maximum Gasteiger partial charge on any atom is 0.407 e. The highest BCUT2D eigenvalue weighted by molar-refractivity contribution is 5.83. The number of aliphatic carboxylic acids is 1. The predicted molar refractivity (Wildman–Crippen MR) is 123 cm³/mol. The van der Waals surface area contributed by atoms with Crippen molar-refractivity contribution in [3.05, 3.63) is 59.7 Å². The molecule has 0 fully saturated rings. The van der Waals surface area contributed by atoms with Gasteiger partial charge in [0.15, 0.2) is 0 Å². The molecule has 3 rings (SSSR count). The zero-order valence-electron chi connectivity index (χ0n) is 18.6. The van der Waals surface area contributed by atoms with Gasteiger partial charge >= 0.3 is 12.1 Å². The molecular weight excluding hydrogens is 424 g/mol. The molecule has 2 aromatic rings. The van der Waals surface area contributed by atoms with Crippen LogP contribution in [0.25, 0.3) is 11.1 Å². The Morgan fingerprint density at radius 1 is 1.00 bits per heavy atom. The number of fused-ring (bicyclic) bond motifs is 3. The number of carbonyl (C=O) groups is 3. The van der Waals surface area contributed by atoms with Gasteiger partial charge < -0.3 is 25.6 Å². The van der Waals surface area contributed by atoms with E-state index in [1.54, 1.807) is 0 Å². The number of alkyl carbamates (subject to hydrolysis) is 1. The molecule has 1 aliphatic carbocycles. The van der Waals surface area contributed by atoms with Gasteiger partial charge in [-0.25, -0.2) is 9.59 Å². The van der Waals surface area contributed by atoms with E-state index in [9.17, 15) is 14.4 Å². The zero-order chi connectivity index (χ0) is 23.8. The van der Waals surface area contributed by atoms with Crippen LogP contribution in [-0.4, -0.2) is 54.0 Å². The van der Waals surface area contributed by atoms with E-state index >= 15 is 0 Å². The van der Waals surface area contributed by atoms with Crippen molar-refractivity contribution in [3.63, 3.8) is 0 Å². The van der Waals surface area contributed by atoms with Crippen molar-refractivity contribution >= 4 is 18.0 Å². The number of rotatable bonds is 11. The summed E-state index contributed by atoms with van der Waals surface area (Å²) < 4.78 is 5.50. The van der Waals surface area contributed by atoms with Gasteiger partial charge in [-0.1, -0.05) is 55.5 Å². The number of amides is 2. The SMILES string of the molecule is CC(CCNC(=O)OCC1c2ccccc2-c2ccccc21)CCC(=O)N[C@H](CO)C(=O)O. The predicted octanol–water partition coefficient (Wildman–Crippen LogP) is 2.89. The fourth-order valence-corrected chi connectivity index (χ4v) is 4.04. The summed E-state index contributed by atoms with van der Waals surface area (Å²) in [6, 6.07) is 15.0. The van der Waals surface area contributed by atoms with Crippen molar-refractivity contribution < 1.29 is 29.3 Å². The smallest absolute Gasteiger partial charge is 0.407 e.